The van der Waals surface area contributed by atoms with Crippen LogP contribution in [0.25, 0.3) is 0 Å². The third-order valence-corrected chi connectivity index (χ3v) is 4.46. The molecule has 0 unspecified atom stereocenters. The Morgan fingerprint density at radius 2 is 1.63 bits per heavy atom. The topological polar surface area (TPSA) is 45.2 Å². The number of rotatable bonds is 8. The zero-order valence-corrected chi connectivity index (χ0v) is 15.6. The van der Waals surface area contributed by atoms with Crippen LogP contribution in [0, 0.1) is 0 Å². The van der Waals surface area contributed by atoms with Gasteiger partial charge in [-0.2, -0.15) is 0 Å². The first-order valence-electron chi connectivity index (χ1n) is 9.24. The number of carbonyl (C=O) groups excluding carboxylic acids is 1. The van der Waals surface area contributed by atoms with Gasteiger partial charge in [0.25, 0.3) is 5.91 Å². The minimum atomic E-state index is -0.0782. The van der Waals surface area contributed by atoms with Gasteiger partial charge in [-0.25, -0.2) is 0 Å². The lowest BCUT2D eigenvalue weighted by molar-refractivity contribution is 0.0953. The van der Waals surface area contributed by atoms with Gasteiger partial charge in [0.2, 0.25) is 0 Å². The second kappa shape index (κ2) is 9.53. The second-order valence-electron chi connectivity index (χ2n) is 6.62. The average Bonchev–Trinajstić information content (AvgIpc) is 2.72. The Morgan fingerprint density at radius 1 is 0.963 bits per heavy atom. The molecule has 2 aromatic carbocycles. The number of aromatic nitrogens is 1. The second-order valence-corrected chi connectivity index (χ2v) is 6.62. The van der Waals surface area contributed by atoms with E-state index in [1.54, 1.807) is 12.4 Å². The van der Waals surface area contributed by atoms with Gasteiger partial charge in [-0.1, -0.05) is 60.7 Å². The summed E-state index contributed by atoms with van der Waals surface area (Å²) in [4.78, 5) is 18.8. The molecular weight excluding hydrogens is 334 g/mol. The van der Waals surface area contributed by atoms with Crippen molar-refractivity contribution in [3.63, 3.8) is 0 Å². The molecule has 138 valence electrons. The Hall–Kier alpha value is -3.14. The maximum atomic E-state index is 12.4. The molecule has 4 heteroatoms. The number of amides is 1. The molecule has 0 saturated carbocycles. The van der Waals surface area contributed by atoms with E-state index < -0.39 is 0 Å². The van der Waals surface area contributed by atoms with Crippen molar-refractivity contribution in [1.29, 1.82) is 0 Å². The fraction of sp³-hybridized carbons (Fsp3) is 0.217. The van der Waals surface area contributed by atoms with Crippen LogP contribution in [0.3, 0.4) is 0 Å². The zero-order chi connectivity index (χ0) is 18.9. The lowest BCUT2D eigenvalue weighted by Crippen LogP contribution is -2.25. The van der Waals surface area contributed by atoms with Gasteiger partial charge in [0, 0.05) is 26.3 Å². The van der Waals surface area contributed by atoms with Gasteiger partial charge in [-0.05, 0) is 30.0 Å². The zero-order valence-electron chi connectivity index (χ0n) is 15.6. The number of hydrogen-bond donors (Lipinski definition) is 1. The molecule has 27 heavy (non-hydrogen) atoms. The molecule has 3 rings (SSSR count). The number of aryl methyl sites for hydroxylation is 1. The van der Waals surface area contributed by atoms with Crippen LogP contribution in [0.4, 0.5) is 5.69 Å². The number of nitrogens with zero attached hydrogens (tertiary/aromatic N) is 2. The molecule has 1 N–H and O–H groups in total. The Balaban J connectivity index is 1.52. The van der Waals surface area contributed by atoms with Crippen molar-refractivity contribution >= 4 is 11.6 Å². The summed E-state index contributed by atoms with van der Waals surface area (Å²) in [5.41, 5.74) is 4.02. The van der Waals surface area contributed by atoms with Gasteiger partial charge in [-0.3, -0.25) is 9.78 Å². The van der Waals surface area contributed by atoms with E-state index in [2.05, 4.69) is 39.5 Å². The number of carbonyl (C=O) groups is 1. The van der Waals surface area contributed by atoms with E-state index in [4.69, 9.17) is 0 Å². The van der Waals surface area contributed by atoms with Crippen molar-refractivity contribution in [3.05, 3.63) is 95.8 Å². The van der Waals surface area contributed by atoms with Crippen molar-refractivity contribution in [2.75, 3.05) is 18.5 Å². The number of nitrogens with one attached hydrogen (secondary N) is 1. The highest BCUT2D eigenvalue weighted by Gasteiger charge is 2.09. The summed E-state index contributed by atoms with van der Waals surface area (Å²) in [6.07, 6.45) is 5.28. The number of benzene rings is 2. The molecule has 0 aliphatic rings. The van der Waals surface area contributed by atoms with Gasteiger partial charge < -0.3 is 10.2 Å². The summed E-state index contributed by atoms with van der Waals surface area (Å²) in [6.45, 7) is 1.42. The highest BCUT2D eigenvalue weighted by Crippen LogP contribution is 2.16. The molecule has 0 aliphatic heterocycles. The average molecular weight is 359 g/mol. The molecule has 0 bridgehead atoms. The normalized spacial score (nSPS) is 10.4. The lowest BCUT2D eigenvalue weighted by Gasteiger charge is -2.19. The SMILES string of the molecule is CN(Cc1ccccc1)c1cncc(C(=O)NCCCc2ccccc2)c1. The van der Waals surface area contributed by atoms with E-state index in [9.17, 15) is 4.79 Å². The maximum absolute atomic E-state index is 12.4. The van der Waals surface area contributed by atoms with E-state index in [0.29, 0.717) is 12.1 Å². The van der Waals surface area contributed by atoms with Crippen molar-refractivity contribution in [3.8, 4) is 0 Å². The van der Waals surface area contributed by atoms with Crippen molar-refractivity contribution in [1.82, 2.24) is 10.3 Å². The quantitative estimate of drug-likeness (QED) is 0.617. The highest BCUT2D eigenvalue weighted by molar-refractivity contribution is 5.94. The minimum absolute atomic E-state index is 0.0782. The van der Waals surface area contributed by atoms with Gasteiger partial charge in [-0.15, -0.1) is 0 Å². The molecule has 4 nitrogen and oxygen atoms in total. The third kappa shape index (κ3) is 5.68. The molecule has 0 atom stereocenters. The molecule has 1 aromatic heterocycles. The van der Waals surface area contributed by atoms with Crippen LogP contribution in [0.1, 0.15) is 27.9 Å². The van der Waals surface area contributed by atoms with E-state index in [1.165, 1.54) is 11.1 Å². The molecule has 0 saturated heterocycles. The molecule has 0 spiro atoms. The van der Waals surface area contributed by atoms with Gasteiger partial charge >= 0.3 is 0 Å². The number of hydrogen-bond acceptors (Lipinski definition) is 3. The molecule has 1 amide bonds. The summed E-state index contributed by atoms with van der Waals surface area (Å²) in [6, 6.07) is 22.4. The van der Waals surface area contributed by atoms with Gasteiger partial charge in [0.15, 0.2) is 0 Å². The van der Waals surface area contributed by atoms with Crippen LogP contribution in [0.15, 0.2) is 79.1 Å². The van der Waals surface area contributed by atoms with Crippen LogP contribution >= 0.6 is 0 Å². The van der Waals surface area contributed by atoms with Crippen LogP contribution < -0.4 is 10.2 Å². The Morgan fingerprint density at radius 3 is 2.33 bits per heavy atom. The Kier molecular flexibility index (Phi) is 6.58. The summed E-state index contributed by atoms with van der Waals surface area (Å²) < 4.78 is 0. The first-order valence-corrected chi connectivity index (χ1v) is 9.24. The van der Waals surface area contributed by atoms with E-state index in [1.807, 2.05) is 49.5 Å². The third-order valence-electron chi connectivity index (χ3n) is 4.46. The predicted octanol–water partition coefficient (Wildman–Crippen LogP) is 4.08. The first kappa shape index (κ1) is 18.6. The lowest BCUT2D eigenvalue weighted by atomic mass is 10.1. The summed E-state index contributed by atoms with van der Waals surface area (Å²) in [5.74, 6) is -0.0782. The molecule has 0 radical (unpaired) electrons. The molecular formula is C23H25N3O. The minimum Gasteiger partial charge on any atom is -0.369 e. The van der Waals surface area contributed by atoms with Crippen molar-refractivity contribution in [2.45, 2.75) is 19.4 Å². The smallest absolute Gasteiger partial charge is 0.252 e. The Bertz CT molecular complexity index is 850. The molecule has 1 heterocycles. The molecule has 3 aromatic rings. The standard InChI is InChI=1S/C23H25N3O/c1-26(18-20-11-6-3-7-12-20)22-15-21(16-24-17-22)23(27)25-14-8-13-19-9-4-2-5-10-19/h2-7,9-12,15-17H,8,13-14,18H2,1H3,(H,25,27). The van der Waals surface area contributed by atoms with Crippen molar-refractivity contribution < 1.29 is 4.79 Å². The fourth-order valence-electron chi connectivity index (χ4n) is 2.95. The number of pyridine rings is 1. The molecule has 0 aliphatic carbocycles. The van der Waals surface area contributed by atoms with Crippen LogP contribution in [-0.2, 0) is 13.0 Å². The Labute approximate surface area is 160 Å². The monoisotopic (exact) mass is 359 g/mol. The first-order chi connectivity index (χ1) is 13.2. The maximum Gasteiger partial charge on any atom is 0.252 e. The van der Waals surface area contributed by atoms with Gasteiger partial charge in [0.1, 0.15) is 0 Å². The van der Waals surface area contributed by atoms with Crippen LogP contribution in [-0.4, -0.2) is 24.5 Å². The summed E-state index contributed by atoms with van der Waals surface area (Å²) in [7, 11) is 2.01. The van der Waals surface area contributed by atoms with Crippen molar-refractivity contribution in [2.24, 2.45) is 0 Å². The highest BCUT2D eigenvalue weighted by atomic mass is 16.1. The summed E-state index contributed by atoms with van der Waals surface area (Å²) in [5, 5.41) is 2.99. The van der Waals surface area contributed by atoms with Crippen LogP contribution in [0.5, 0.6) is 0 Å². The van der Waals surface area contributed by atoms with E-state index >= 15 is 0 Å². The van der Waals surface area contributed by atoms with Gasteiger partial charge in [0.05, 0.1) is 17.4 Å². The molecule has 0 fully saturated rings. The number of anilines is 1. The fourth-order valence-corrected chi connectivity index (χ4v) is 2.95. The predicted molar refractivity (Wildman–Crippen MR) is 110 cm³/mol. The summed E-state index contributed by atoms with van der Waals surface area (Å²) >= 11 is 0. The van der Waals surface area contributed by atoms with E-state index in [0.717, 1.165) is 25.1 Å². The van der Waals surface area contributed by atoms with E-state index in [-0.39, 0.29) is 5.91 Å². The van der Waals surface area contributed by atoms with Crippen LogP contribution in [0.2, 0.25) is 0 Å². The largest absolute Gasteiger partial charge is 0.369 e.